The number of halogens is 2. The molecule has 0 bridgehead atoms. The Morgan fingerprint density at radius 2 is 2.36 bits per heavy atom. The summed E-state index contributed by atoms with van der Waals surface area (Å²) < 4.78 is 17.3. The normalized spacial score (nSPS) is 9.73. The minimum Gasteiger partial charge on any atom is -0.481 e. The molecule has 0 saturated heterocycles. The van der Waals surface area contributed by atoms with Crippen molar-refractivity contribution >= 4 is 15.9 Å². The van der Waals surface area contributed by atoms with E-state index in [0.717, 1.165) is 5.56 Å². The molecule has 0 aliphatic rings. The van der Waals surface area contributed by atoms with E-state index in [2.05, 4.69) is 20.9 Å². The van der Waals surface area contributed by atoms with Gasteiger partial charge in [0.2, 0.25) is 11.8 Å². The highest BCUT2D eigenvalue weighted by atomic mass is 79.9. The second-order valence-corrected chi connectivity index (χ2v) is 2.50. The van der Waals surface area contributed by atoms with Crippen LogP contribution in [0.4, 0.5) is 4.39 Å². The maximum absolute atomic E-state index is 12.5. The van der Waals surface area contributed by atoms with Crippen LogP contribution < -0.4 is 4.74 Å². The molecule has 0 aliphatic heterocycles. The Balaban J connectivity index is 3.06. The summed E-state index contributed by atoms with van der Waals surface area (Å²) in [6, 6.07) is 2.94. The lowest BCUT2D eigenvalue weighted by molar-refractivity contribution is 0.384. The highest BCUT2D eigenvalue weighted by Crippen LogP contribution is 2.17. The van der Waals surface area contributed by atoms with E-state index in [0.29, 0.717) is 11.2 Å². The van der Waals surface area contributed by atoms with E-state index in [-0.39, 0.29) is 0 Å². The molecule has 0 N–H and O–H groups in total. The number of hydrogen-bond acceptors (Lipinski definition) is 2. The molecule has 1 rings (SSSR count). The third-order valence-corrected chi connectivity index (χ3v) is 1.85. The van der Waals surface area contributed by atoms with Crippen LogP contribution in [0.2, 0.25) is 0 Å². The Hall–Kier alpha value is -0.640. The Kier molecular flexibility index (Phi) is 2.82. The molecule has 0 radical (unpaired) electrons. The molecule has 60 valence electrons. The molecule has 0 aliphatic carbocycles. The first-order chi connectivity index (χ1) is 5.27. The molecule has 0 aromatic carbocycles. The van der Waals surface area contributed by atoms with Gasteiger partial charge in [-0.15, -0.1) is 0 Å². The van der Waals surface area contributed by atoms with Crippen LogP contribution in [0.3, 0.4) is 0 Å². The lowest BCUT2D eigenvalue weighted by Crippen LogP contribution is -1.94. The number of methoxy groups -OCH3 is 1. The quantitative estimate of drug-likeness (QED) is 0.562. The van der Waals surface area contributed by atoms with Crippen LogP contribution in [0, 0.1) is 5.95 Å². The number of rotatable bonds is 2. The van der Waals surface area contributed by atoms with E-state index in [1.807, 2.05) is 0 Å². The fourth-order valence-corrected chi connectivity index (χ4v) is 1.15. The van der Waals surface area contributed by atoms with Crippen LogP contribution in [0.5, 0.6) is 5.88 Å². The maximum atomic E-state index is 12.5. The largest absolute Gasteiger partial charge is 0.481 e. The molecule has 0 saturated carbocycles. The Bertz CT molecular complexity index is 254. The third kappa shape index (κ3) is 1.89. The van der Waals surface area contributed by atoms with Gasteiger partial charge in [-0.3, -0.25) is 0 Å². The molecule has 1 aromatic rings. The van der Waals surface area contributed by atoms with Gasteiger partial charge >= 0.3 is 0 Å². The van der Waals surface area contributed by atoms with Gasteiger partial charge in [0.05, 0.1) is 7.11 Å². The van der Waals surface area contributed by atoms with E-state index >= 15 is 0 Å². The van der Waals surface area contributed by atoms with Crippen molar-refractivity contribution in [3.05, 3.63) is 23.6 Å². The summed E-state index contributed by atoms with van der Waals surface area (Å²) in [5.74, 6) is -0.187. The molecule has 1 heterocycles. The Morgan fingerprint density at radius 3 is 2.91 bits per heavy atom. The van der Waals surface area contributed by atoms with Crippen molar-refractivity contribution < 1.29 is 9.13 Å². The monoisotopic (exact) mass is 219 g/mol. The second-order valence-electron chi connectivity index (χ2n) is 1.94. The highest BCUT2D eigenvalue weighted by molar-refractivity contribution is 9.08. The topological polar surface area (TPSA) is 22.1 Å². The number of ether oxygens (including phenoxy) is 1. The van der Waals surface area contributed by atoms with Crippen molar-refractivity contribution in [3.63, 3.8) is 0 Å². The van der Waals surface area contributed by atoms with Gasteiger partial charge in [0, 0.05) is 10.9 Å². The van der Waals surface area contributed by atoms with Gasteiger partial charge in [0.1, 0.15) is 0 Å². The summed E-state index contributed by atoms with van der Waals surface area (Å²) in [4.78, 5) is 3.54. The van der Waals surface area contributed by atoms with Crippen LogP contribution in [0.15, 0.2) is 12.1 Å². The fraction of sp³-hybridized carbons (Fsp3) is 0.286. The van der Waals surface area contributed by atoms with Crippen LogP contribution >= 0.6 is 15.9 Å². The number of nitrogens with zero attached hydrogens (tertiary/aromatic N) is 1. The lowest BCUT2D eigenvalue weighted by Gasteiger charge is -2.02. The zero-order chi connectivity index (χ0) is 8.27. The molecule has 11 heavy (non-hydrogen) atoms. The zero-order valence-corrected chi connectivity index (χ0v) is 7.56. The third-order valence-electron chi connectivity index (χ3n) is 1.24. The molecular formula is C7H7BrFNO. The number of hydrogen-bond donors (Lipinski definition) is 0. The van der Waals surface area contributed by atoms with Gasteiger partial charge in [-0.25, -0.2) is 0 Å². The molecule has 2 nitrogen and oxygen atoms in total. The van der Waals surface area contributed by atoms with Gasteiger partial charge in [0.15, 0.2) is 0 Å². The maximum Gasteiger partial charge on any atom is 0.219 e. The van der Waals surface area contributed by atoms with Crippen molar-refractivity contribution in [3.8, 4) is 5.88 Å². The highest BCUT2D eigenvalue weighted by Gasteiger charge is 2.03. The zero-order valence-electron chi connectivity index (χ0n) is 5.97. The molecular weight excluding hydrogens is 213 g/mol. The lowest BCUT2D eigenvalue weighted by atomic mass is 10.3. The number of aromatic nitrogens is 1. The molecule has 0 unspecified atom stereocenters. The predicted molar refractivity (Wildman–Crippen MR) is 43.4 cm³/mol. The van der Waals surface area contributed by atoms with Crippen molar-refractivity contribution in [1.29, 1.82) is 0 Å². The first-order valence-corrected chi connectivity index (χ1v) is 4.15. The van der Waals surface area contributed by atoms with Crippen molar-refractivity contribution in [2.45, 2.75) is 5.33 Å². The predicted octanol–water partition coefficient (Wildman–Crippen LogP) is 2.12. The van der Waals surface area contributed by atoms with Crippen LogP contribution in [-0.4, -0.2) is 12.1 Å². The summed E-state index contributed by atoms with van der Waals surface area (Å²) >= 11 is 3.23. The van der Waals surface area contributed by atoms with Crippen LogP contribution in [0.25, 0.3) is 0 Å². The average Bonchev–Trinajstić information content (AvgIpc) is 2.04. The fourth-order valence-electron chi connectivity index (χ4n) is 0.725. The van der Waals surface area contributed by atoms with Crippen LogP contribution in [-0.2, 0) is 5.33 Å². The van der Waals surface area contributed by atoms with Gasteiger partial charge in [-0.05, 0) is 12.1 Å². The average molecular weight is 220 g/mol. The van der Waals surface area contributed by atoms with Gasteiger partial charge in [0.25, 0.3) is 0 Å². The minimum atomic E-state index is -0.522. The standard InChI is InChI=1S/C7H7BrFNO/c1-11-7-5(4-8)2-3-6(9)10-7/h2-3H,4H2,1H3. The molecule has 4 heteroatoms. The van der Waals surface area contributed by atoms with E-state index in [9.17, 15) is 4.39 Å². The first kappa shape index (κ1) is 8.46. The molecule has 0 atom stereocenters. The molecule has 1 aromatic heterocycles. The first-order valence-electron chi connectivity index (χ1n) is 3.03. The molecule has 0 amide bonds. The SMILES string of the molecule is COc1nc(F)ccc1CBr. The summed E-state index contributed by atoms with van der Waals surface area (Å²) in [5.41, 5.74) is 0.842. The van der Waals surface area contributed by atoms with Crippen molar-refractivity contribution in [2.24, 2.45) is 0 Å². The van der Waals surface area contributed by atoms with E-state index in [1.165, 1.54) is 13.2 Å². The summed E-state index contributed by atoms with van der Waals surface area (Å²) in [6.07, 6.45) is 0. The number of alkyl halides is 1. The minimum absolute atomic E-state index is 0.335. The van der Waals surface area contributed by atoms with Crippen molar-refractivity contribution in [1.82, 2.24) is 4.98 Å². The van der Waals surface area contributed by atoms with E-state index in [1.54, 1.807) is 6.07 Å². The summed E-state index contributed by atoms with van der Waals surface area (Å²) in [6.45, 7) is 0. The van der Waals surface area contributed by atoms with Gasteiger partial charge in [-0.1, -0.05) is 15.9 Å². The van der Waals surface area contributed by atoms with Gasteiger partial charge in [-0.2, -0.15) is 9.37 Å². The van der Waals surface area contributed by atoms with E-state index < -0.39 is 5.95 Å². The van der Waals surface area contributed by atoms with Gasteiger partial charge < -0.3 is 4.74 Å². The number of pyridine rings is 1. The van der Waals surface area contributed by atoms with E-state index in [4.69, 9.17) is 4.74 Å². The second kappa shape index (κ2) is 3.67. The summed E-state index contributed by atoms with van der Waals surface area (Å²) in [5, 5.41) is 0.615. The smallest absolute Gasteiger partial charge is 0.219 e. The molecule has 0 spiro atoms. The Morgan fingerprint density at radius 1 is 1.64 bits per heavy atom. The van der Waals surface area contributed by atoms with Crippen LogP contribution in [0.1, 0.15) is 5.56 Å². The molecule has 0 fully saturated rings. The summed E-state index contributed by atoms with van der Waals surface area (Å²) in [7, 11) is 1.47. The van der Waals surface area contributed by atoms with Crippen molar-refractivity contribution in [2.75, 3.05) is 7.11 Å². The Labute approximate surface area is 72.5 Å².